The van der Waals surface area contributed by atoms with Crippen molar-refractivity contribution in [1.82, 2.24) is 5.32 Å². The summed E-state index contributed by atoms with van der Waals surface area (Å²) in [6, 6.07) is 20.1. The third kappa shape index (κ3) is 3.49. The lowest BCUT2D eigenvalue weighted by Gasteiger charge is -2.23. The molecule has 0 amide bonds. The number of hydrogen-bond acceptors (Lipinski definition) is 1. The molecule has 0 aliphatic carbocycles. The Kier molecular flexibility index (Phi) is 4.49. The van der Waals surface area contributed by atoms with E-state index in [9.17, 15) is 0 Å². The molecule has 1 nitrogen and oxygen atoms in total. The SMILES string of the molecule is c1ccc(CCc2ccc(C3CCNCC3)cc2)cc1. The Morgan fingerprint density at radius 1 is 0.750 bits per heavy atom. The zero-order valence-corrected chi connectivity index (χ0v) is 12.0. The number of hydrogen-bond donors (Lipinski definition) is 1. The highest BCUT2D eigenvalue weighted by Gasteiger charge is 2.14. The number of benzene rings is 2. The minimum Gasteiger partial charge on any atom is -0.317 e. The van der Waals surface area contributed by atoms with Crippen LogP contribution in [0.5, 0.6) is 0 Å². The summed E-state index contributed by atoms with van der Waals surface area (Å²) in [5.41, 5.74) is 4.40. The minimum atomic E-state index is 0.763. The molecule has 0 saturated carbocycles. The molecule has 104 valence electrons. The van der Waals surface area contributed by atoms with Crippen LogP contribution in [0.3, 0.4) is 0 Å². The van der Waals surface area contributed by atoms with E-state index in [0.29, 0.717) is 0 Å². The molecule has 1 N–H and O–H groups in total. The number of piperidine rings is 1. The van der Waals surface area contributed by atoms with Crippen LogP contribution >= 0.6 is 0 Å². The quantitative estimate of drug-likeness (QED) is 0.883. The largest absolute Gasteiger partial charge is 0.317 e. The topological polar surface area (TPSA) is 12.0 Å². The summed E-state index contributed by atoms with van der Waals surface area (Å²) in [6.45, 7) is 2.33. The van der Waals surface area contributed by atoms with Crippen molar-refractivity contribution in [3.8, 4) is 0 Å². The van der Waals surface area contributed by atoms with E-state index in [0.717, 1.165) is 18.8 Å². The fraction of sp³-hybridized carbons (Fsp3) is 0.368. The van der Waals surface area contributed by atoms with Crippen molar-refractivity contribution in [3.05, 3.63) is 71.3 Å². The van der Waals surface area contributed by atoms with Crippen LogP contribution in [0.4, 0.5) is 0 Å². The smallest absolute Gasteiger partial charge is 0.00431 e. The van der Waals surface area contributed by atoms with Crippen molar-refractivity contribution < 1.29 is 0 Å². The summed E-state index contributed by atoms with van der Waals surface area (Å²) < 4.78 is 0. The van der Waals surface area contributed by atoms with Gasteiger partial charge in [-0.3, -0.25) is 0 Å². The molecule has 2 aromatic carbocycles. The molecule has 0 radical (unpaired) electrons. The Morgan fingerprint density at radius 2 is 1.35 bits per heavy atom. The molecule has 0 unspecified atom stereocenters. The summed E-state index contributed by atoms with van der Waals surface area (Å²) in [7, 11) is 0. The maximum atomic E-state index is 3.43. The van der Waals surface area contributed by atoms with Gasteiger partial charge < -0.3 is 5.32 Å². The second kappa shape index (κ2) is 6.71. The first-order valence-corrected chi connectivity index (χ1v) is 7.75. The van der Waals surface area contributed by atoms with Gasteiger partial charge in [-0.2, -0.15) is 0 Å². The summed E-state index contributed by atoms with van der Waals surface area (Å²) in [4.78, 5) is 0. The van der Waals surface area contributed by atoms with E-state index in [1.54, 1.807) is 0 Å². The van der Waals surface area contributed by atoms with E-state index in [4.69, 9.17) is 0 Å². The molecule has 1 heteroatoms. The summed E-state index contributed by atoms with van der Waals surface area (Å²) in [5.74, 6) is 0.763. The summed E-state index contributed by atoms with van der Waals surface area (Å²) in [6.07, 6.45) is 4.83. The average Bonchev–Trinajstić information content (AvgIpc) is 2.55. The van der Waals surface area contributed by atoms with Crippen molar-refractivity contribution in [2.45, 2.75) is 31.6 Å². The molecule has 0 aromatic heterocycles. The lowest BCUT2D eigenvalue weighted by molar-refractivity contribution is 0.460. The standard InChI is InChI=1S/C19H23N/c1-2-4-16(5-3-1)6-7-17-8-10-18(11-9-17)19-12-14-20-15-13-19/h1-5,8-11,19-20H,6-7,12-15H2. The fourth-order valence-electron chi connectivity index (χ4n) is 3.05. The van der Waals surface area contributed by atoms with Crippen LogP contribution in [-0.2, 0) is 12.8 Å². The molecular formula is C19H23N. The van der Waals surface area contributed by atoms with Gasteiger partial charge in [-0.25, -0.2) is 0 Å². The fourth-order valence-corrected chi connectivity index (χ4v) is 3.05. The molecule has 1 aliphatic rings. The van der Waals surface area contributed by atoms with Crippen LogP contribution in [0.15, 0.2) is 54.6 Å². The van der Waals surface area contributed by atoms with Crippen LogP contribution < -0.4 is 5.32 Å². The van der Waals surface area contributed by atoms with Crippen LogP contribution in [0.1, 0.15) is 35.4 Å². The normalized spacial score (nSPS) is 16.2. The molecule has 1 aliphatic heterocycles. The first-order valence-electron chi connectivity index (χ1n) is 7.75. The van der Waals surface area contributed by atoms with Gasteiger partial charge in [0.15, 0.2) is 0 Å². The van der Waals surface area contributed by atoms with E-state index in [-0.39, 0.29) is 0 Å². The molecule has 0 atom stereocenters. The molecule has 0 spiro atoms. The van der Waals surface area contributed by atoms with Gasteiger partial charge in [-0.15, -0.1) is 0 Å². The minimum absolute atomic E-state index is 0.763. The number of aryl methyl sites for hydroxylation is 2. The molecular weight excluding hydrogens is 242 g/mol. The van der Waals surface area contributed by atoms with Gasteiger partial charge in [-0.1, -0.05) is 54.6 Å². The summed E-state index contributed by atoms with van der Waals surface area (Å²) in [5, 5.41) is 3.43. The number of nitrogens with one attached hydrogen (secondary N) is 1. The third-order valence-electron chi connectivity index (χ3n) is 4.34. The van der Waals surface area contributed by atoms with Gasteiger partial charge in [-0.05, 0) is 61.4 Å². The highest BCUT2D eigenvalue weighted by atomic mass is 14.9. The molecule has 1 heterocycles. The van der Waals surface area contributed by atoms with Gasteiger partial charge in [0, 0.05) is 0 Å². The van der Waals surface area contributed by atoms with Crippen molar-refractivity contribution in [1.29, 1.82) is 0 Å². The second-order valence-electron chi connectivity index (χ2n) is 5.75. The Bertz CT molecular complexity index is 509. The van der Waals surface area contributed by atoms with Gasteiger partial charge in [0.1, 0.15) is 0 Å². The zero-order chi connectivity index (χ0) is 13.6. The molecule has 2 aromatic rings. The lowest BCUT2D eigenvalue weighted by Crippen LogP contribution is -2.26. The zero-order valence-electron chi connectivity index (χ0n) is 12.0. The average molecular weight is 265 g/mol. The molecule has 3 rings (SSSR count). The van der Waals surface area contributed by atoms with Gasteiger partial charge in [0.25, 0.3) is 0 Å². The van der Waals surface area contributed by atoms with Crippen LogP contribution in [-0.4, -0.2) is 13.1 Å². The number of rotatable bonds is 4. The third-order valence-corrected chi connectivity index (χ3v) is 4.34. The van der Waals surface area contributed by atoms with Crippen LogP contribution in [0.25, 0.3) is 0 Å². The first-order chi connectivity index (χ1) is 9.92. The van der Waals surface area contributed by atoms with Crippen molar-refractivity contribution in [2.24, 2.45) is 0 Å². The van der Waals surface area contributed by atoms with Crippen LogP contribution in [0, 0.1) is 0 Å². The van der Waals surface area contributed by atoms with Crippen molar-refractivity contribution in [2.75, 3.05) is 13.1 Å². The van der Waals surface area contributed by atoms with Gasteiger partial charge in [0.05, 0.1) is 0 Å². The maximum absolute atomic E-state index is 3.43. The first kappa shape index (κ1) is 13.4. The van der Waals surface area contributed by atoms with Crippen molar-refractivity contribution >= 4 is 0 Å². The Morgan fingerprint density at radius 3 is 2.00 bits per heavy atom. The van der Waals surface area contributed by atoms with Crippen molar-refractivity contribution in [3.63, 3.8) is 0 Å². The maximum Gasteiger partial charge on any atom is -0.00431 e. The molecule has 0 bridgehead atoms. The molecule has 20 heavy (non-hydrogen) atoms. The second-order valence-corrected chi connectivity index (χ2v) is 5.75. The van der Waals surface area contributed by atoms with E-state index >= 15 is 0 Å². The summed E-state index contributed by atoms with van der Waals surface area (Å²) >= 11 is 0. The Balaban J connectivity index is 1.58. The Hall–Kier alpha value is -1.60. The van der Waals surface area contributed by atoms with Gasteiger partial charge in [0.2, 0.25) is 0 Å². The van der Waals surface area contributed by atoms with E-state index in [1.165, 1.54) is 42.6 Å². The van der Waals surface area contributed by atoms with Gasteiger partial charge >= 0.3 is 0 Å². The predicted octanol–water partition coefficient (Wildman–Crippen LogP) is 3.94. The highest BCUT2D eigenvalue weighted by Crippen LogP contribution is 2.25. The highest BCUT2D eigenvalue weighted by molar-refractivity contribution is 5.27. The molecule has 1 saturated heterocycles. The Labute approximate surface area is 122 Å². The monoisotopic (exact) mass is 265 g/mol. The predicted molar refractivity (Wildman–Crippen MR) is 85.1 cm³/mol. The van der Waals surface area contributed by atoms with E-state index < -0.39 is 0 Å². The lowest BCUT2D eigenvalue weighted by atomic mass is 9.89. The van der Waals surface area contributed by atoms with Crippen LogP contribution in [0.2, 0.25) is 0 Å². The van der Waals surface area contributed by atoms with E-state index in [2.05, 4.69) is 59.9 Å². The van der Waals surface area contributed by atoms with E-state index in [1.807, 2.05) is 0 Å². The molecule has 1 fully saturated rings.